The number of rotatable bonds is 4. The summed E-state index contributed by atoms with van der Waals surface area (Å²) >= 11 is 0. The van der Waals surface area contributed by atoms with Gasteiger partial charge in [0.2, 0.25) is 0 Å². The fraction of sp³-hybridized carbons (Fsp3) is 0.419. The zero-order valence-electron chi connectivity index (χ0n) is 20.4. The third-order valence-electron chi connectivity index (χ3n) is 9.17. The fourth-order valence-corrected chi connectivity index (χ4v) is 7.45. The molecule has 2 fully saturated rings. The summed E-state index contributed by atoms with van der Waals surface area (Å²) in [4.78, 5) is 13.2. The predicted octanol–water partition coefficient (Wildman–Crippen LogP) is 5.81. The highest BCUT2D eigenvalue weighted by Crippen LogP contribution is 2.61. The van der Waals surface area contributed by atoms with E-state index in [0.717, 1.165) is 38.6 Å². The molecule has 0 spiro atoms. The Kier molecular flexibility index (Phi) is 5.63. The maximum atomic E-state index is 13.2. The van der Waals surface area contributed by atoms with E-state index in [-0.39, 0.29) is 17.5 Å². The molecule has 2 aromatic carbocycles. The van der Waals surface area contributed by atoms with E-state index in [4.69, 9.17) is 4.74 Å². The zero-order chi connectivity index (χ0) is 24.0. The highest BCUT2D eigenvalue weighted by atomic mass is 16.5. The van der Waals surface area contributed by atoms with Crippen molar-refractivity contribution in [3.63, 3.8) is 0 Å². The first kappa shape index (κ1) is 22.3. The molecule has 4 nitrogen and oxygen atoms in total. The molecule has 4 heteroatoms. The van der Waals surface area contributed by atoms with Crippen LogP contribution in [-0.4, -0.2) is 17.2 Å². The summed E-state index contributed by atoms with van der Waals surface area (Å²) in [6, 6.07) is 20.0. The number of fused-ring (bicyclic) bond motifs is 5. The van der Waals surface area contributed by atoms with Crippen molar-refractivity contribution in [3.8, 4) is 5.75 Å². The van der Waals surface area contributed by atoms with Gasteiger partial charge in [-0.25, -0.2) is 4.79 Å². The molecule has 3 aliphatic rings. The van der Waals surface area contributed by atoms with Crippen LogP contribution in [0.2, 0.25) is 0 Å². The van der Waals surface area contributed by atoms with Crippen LogP contribution in [0.1, 0.15) is 72.0 Å². The molecule has 0 radical (unpaired) electrons. The van der Waals surface area contributed by atoms with E-state index < -0.39 is 0 Å². The van der Waals surface area contributed by atoms with Crippen molar-refractivity contribution in [1.82, 2.24) is 0 Å². The van der Waals surface area contributed by atoms with Gasteiger partial charge in [0.15, 0.2) is 18.9 Å². The number of hydrogen-bond donors (Lipinski definition) is 1. The Morgan fingerprint density at radius 1 is 1.06 bits per heavy atom. The molecule has 1 heterocycles. The summed E-state index contributed by atoms with van der Waals surface area (Å²) < 4.78 is 8.30. The van der Waals surface area contributed by atoms with Crippen LogP contribution in [0.15, 0.2) is 73.1 Å². The lowest BCUT2D eigenvalue weighted by molar-refractivity contribution is -0.688. The molecule has 35 heavy (non-hydrogen) atoms. The van der Waals surface area contributed by atoms with Crippen LogP contribution in [0.4, 0.5) is 0 Å². The molecular weight excluding hydrogens is 434 g/mol. The molecular formula is C31H34NO3+. The summed E-state index contributed by atoms with van der Waals surface area (Å²) in [5.41, 5.74) is 4.63. The molecule has 2 saturated carbocycles. The average molecular weight is 469 g/mol. The number of esters is 1. The van der Waals surface area contributed by atoms with Crippen molar-refractivity contribution >= 4 is 5.97 Å². The second-order valence-corrected chi connectivity index (χ2v) is 11.1. The second kappa shape index (κ2) is 8.82. The number of aromatic hydroxyl groups is 1. The van der Waals surface area contributed by atoms with Crippen molar-refractivity contribution in [1.29, 1.82) is 0 Å². The number of phenols is 1. The molecule has 0 amide bonds. The normalized spacial score (nSPS) is 29.1. The monoisotopic (exact) mass is 468 g/mol. The third kappa shape index (κ3) is 4.03. The van der Waals surface area contributed by atoms with E-state index >= 15 is 0 Å². The van der Waals surface area contributed by atoms with E-state index in [2.05, 4.69) is 25.1 Å². The molecule has 0 unspecified atom stereocenters. The first-order valence-corrected chi connectivity index (χ1v) is 13.1. The molecule has 3 aromatic rings. The van der Waals surface area contributed by atoms with Gasteiger partial charge in [0.1, 0.15) is 17.4 Å². The molecule has 5 atom stereocenters. The van der Waals surface area contributed by atoms with E-state index in [1.807, 2.05) is 59.4 Å². The van der Waals surface area contributed by atoms with Gasteiger partial charge in [-0.15, -0.1) is 0 Å². The first-order valence-electron chi connectivity index (χ1n) is 13.1. The number of aromatic nitrogens is 1. The molecule has 6 rings (SSSR count). The van der Waals surface area contributed by atoms with Gasteiger partial charge in [-0.1, -0.05) is 43.3 Å². The van der Waals surface area contributed by atoms with E-state index in [0.29, 0.717) is 29.1 Å². The number of aryl methyl sites for hydroxylation is 1. The minimum atomic E-state index is -0.203. The third-order valence-corrected chi connectivity index (χ3v) is 9.17. The Morgan fingerprint density at radius 3 is 2.77 bits per heavy atom. The van der Waals surface area contributed by atoms with Gasteiger partial charge in [0.05, 0.1) is 0 Å². The molecule has 3 aliphatic carbocycles. The highest BCUT2D eigenvalue weighted by Gasteiger charge is 2.56. The minimum absolute atomic E-state index is 0.0232. The summed E-state index contributed by atoms with van der Waals surface area (Å²) in [6.07, 6.45) is 10.4. The lowest BCUT2D eigenvalue weighted by Crippen LogP contribution is -2.45. The van der Waals surface area contributed by atoms with Gasteiger partial charge in [0.25, 0.3) is 0 Å². The quantitative estimate of drug-likeness (QED) is 0.388. The number of carbonyl (C=O) groups excluding carboxylic acids is 1. The Morgan fingerprint density at radius 2 is 1.91 bits per heavy atom. The second-order valence-electron chi connectivity index (χ2n) is 11.1. The SMILES string of the molecule is C[C@]12CC[C@@H]3c4ccc(O)cc4CC[C@H]3[C@@H]1CC[C@H]2OC(=O)c1ccc[n+](Cc2ccccc2)c1. The van der Waals surface area contributed by atoms with Gasteiger partial charge in [0, 0.05) is 17.0 Å². The number of nitrogens with zero attached hydrogens (tertiary/aromatic N) is 1. The van der Waals surface area contributed by atoms with E-state index in [9.17, 15) is 9.90 Å². The molecule has 1 aromatic heterocycles. The summed E-state index contributed by atoms with van der Waals surface area (Å²) in [7, 11) is 0. The van der Waals surface area contributed by atoms with Gasteiger partial charge in [-0.05, 0) is 85.6 Å². The van der Waals surface area contributed by atoms with Crippen molar-refractivity contribution in [2.45, 2.75) is 64.0 Å². The van der Waals surface area contributed by atoms with Gasteiger partial charge < -0.3 is 9.84 Å². The zero-order valence-corrected chi connectivity index (χ0v) is 20.4. The largest absolute Gasteiger partial charge is 0.508 e. The number of phenolic OH excluding ortho intramolecular Hbond substituents is 1. The van der Waals surface area contributed by atoms with Crippen molar-refractivity contribution in [3.05, 3.63) is 95.3 Å². The molecule has 180 valence electrons. The van der Waals surface area contributed by atoms with Crippen molar-refractivity contribution in [2.75, 3.05) is 0 Å². The fourth-order valence-electron chi connectivity index (χ4n) is 7.45. The van der Waals surface area contributed by atoms with Crippen LogP contribution >= 0.6 is 0 Å². The Hall–Kier alpha value is -3.14. The lowest BCUT2D eigenvalue weighted by atomic mass is 9.55. The minimum Gasteiger partial charge on any atom is -0.508 e. The number of benzene rings is 2. The number of carbonyl (C=O) groups is 1. The van der Waals surface area contributed by atoms with Gasteiger partial charge in [-0.3, -0.25) is 0 Å². The predicted molar refractivity (Wildman–Crippen MR) is 134 cm³/mol. The lowest BCUT2D eigenvalue weighted by Gasteiger charge is -2.50. The van der Waals surface area contributed by atoms with Crippen LogP contribution in [0, 0.1) is 17.3 Å². The van der Waals surface area contributed by atoms with E-state index in [1.165, 1.54) is 23.1 Å². The van der Waals surface area contributed by atoms with Gasteiger partial charge in [-0.2, -0.15) is 4.57 Å². The maximum absolute atomic E-state index is 13.2. The number of ether oxygens (including phenoxy) is 1. The number of hydrogen-bond acceptors (Lipinski definition) is 3. The Balaban J connectivity index is 1.17. The molecule has 1 N–H and O–H groups in total. The molecule has 0 aliphatic heterocycles. The van der Waals surface area contributed by atoms with Crippen LogP contribution < -0.4 is 4.57 Å². The summed E-state index contributed by atoms with van der Waals surface area (Å²) in [5, 5.41) is 9.93. The topological polar surface area (TPSA) is 50.4 Å². The van der Waals surface area contributed by atoms with Crippen molar-refractivity contribution in [2.24, 2.45) is 17.3 Å². The van der Waals surface area contributed by atoms with Crippen LogP contribution in [0.5, 0.6) is 5.75 Å². The summed E-state index contributed by atoms with van der Waals surface area (Å²) in [5.74, 6) is 1.96. The maximum Gasteiger partial charge on any atom is 0.344 e. The average Bonchev–Trinajstić information content (AvgIpc) is 3.20. The Labute approximate surface area is 207 Å². The van der Waals surface area contributed by atoms with Crippen molar-refractivity contribution < 1.29 is 19.2 Å². The number of pyridine rings is 1. The first-order chi connectivity index (χ1) is 17.0. The Bertz CT molecular complexity index is 1240. The van der Waals surface area contributed by atoms with Gasteiger partial charge >= 0.3 is 5.97 Å². The highest BCUT2D eigenvalue weighted by molar-refractivity contribution is 5.88. The van der Waals surface area contributed by atoms with Crippen LogP contribution in [-0.2, 0) is 17.7 Å². The van der Waals surface area contributed by atoms with Crippen LogP contribution in [0.3, 0.4) is 0 Å². The molecule has 0 bridgehead atoms. The van der Waals surface area contributed by atoms with Crippen LogP contribution in [0.25, 0.3) is 0 Å². The smallest absolute Gasteiger partial charge is 0.344 e. The van der Waals surface area contributed by atoms with E-state index in [1.54, 1.807) is 0 Å². The molecule has 0 saturated heterocycles. The summed E-state index contributed by atoms with van der Waals surface area (Å²) in [6.45, 7) is 3.10. The standard InChI is InChI=1S/C31H33NO3/c1-31-16-15-26-25-12-10-24(33)18-22(25)9-11-27(26)28(31)13-14-29(31)35-30(34)23-8-5-17-32(20-23)19-21-6-3-2-4-7-21/h2-8,10,12,17-18,20,26-29H,9,11,13-16,19H2,1H3/p+1/t26-,27-,28+,29-,31+/m1/s1.